The molecule has 1 saturated heterocycles. The molecule has 2 aliphatic heterocycles. The molecule has 0 aromatic heterocycles. The number of ether oxygens (including phenoxy) is 1. The van der Waals surface area contributed by atoms with Crippen molar-refractivity contribution in [2.45, 2.75) is 85.0 Å². The summed E-state index contributed by atoms with van der Waals surface area (Å²) in [6.45, 7) is 11.5. The molecule has 4 amide bonds. The third-order valence-electron chi connectivity index (χ3n) is 7.08. The summed E-state index contributed by atoms with van der Waals surface area (Å²) in [5.74, 6) is -1.80. The van der Waals surface area contributed by atoms with Crippen LogP contribution >= 0.6 is 0 Å². The number of aliphatic hydroxyl groups excluding tert-OH is 1. The number of rotatable bonds is 9. The lowest BCUT2D eigenvalue weighted by atomic mass is 9.96. The number of carbonyl (C=O) groups excluding carboxylic acids is 4. The van der Waals surface area contributed by atoms with Crippen LogP contribution in [0.2, 0.25) is 0 Å². The molecule has 5 atom stereocenters. The Hall–Kier alpha value is -2.42. The number of aliphatic hydroxyl groups is 1. The Morgan fingerprint density at radius 1 is 1.21 bits per heavy atom. The van der Waals surface area contributed by atoms with E-state index in [1.165, 1.54) is 34.9 Å². The van der Waals surface area contributed by atoms with Gasteiger partial charge in [0.05, 0.1) is 13.2 Å². The van der Waals surface area contributed by atoms with Crippen LogP contribution in [0, 0.1) is 17.8 Å². The first-order chi connectivity index (χ1) is 15.9. The van der Waals surface area contributed by atoms with E-state index in [2.05, 4.69) is 0 Å². The molecule has 1 fully saturated rings. The molecular formula is C25H41N3O6. The van der Waals surface area contributed by atoms with Crippen LogP contribution in [0.5, 0.6) is 0 Å². The molecule has 1 N–H and O–H groups in total. The Balaban J connectivity index is 2.29. The van der Waals surface area contributed by atoms with Gasteiger partial charge < -0.3 is 19.6 Å². The minimum absolute atomic E-state index is 0.0543. The highest BCUT2D eigenvalue weighted by Crippen LogP contribution is 2.31. The summed E-state index contributed by atoms with van der Waals surface area (Å²) in [6, 6.07) is -2.13. The van der Waals surface area contributed by atoms with E-state index >= 15 is 0 Å². The van der Waals surface area contributed by atoms with E-state index in [9.17, 15) is 24.3 Å². The number of likely N-dealkylation sites (N-methyl/N-ethyl adjacent to an activating group) is 1. The van der Waals surface area contributed by atoms with Gasteiger partial charge in [-0.25, -0.2) is 0 Å². The van der Waals surface area contributed by atoms with Crippen molar-refractivity contribution in [2.24, 2.45) is 17.8 Å². The van der Waals surface area contributed by atoms with Gasteiger partial charge in [-0.1, -0.05) is 48.0 Å². The van der Waals surface area contributed by atoms with Crippen LogP contribution in [0.3, 0.4) is 0 Å². The number of methoxy groups -OCH3 is 1. The molecule has 9 heteroatoms. The van der Waals surface area contributed by atoms with Gasteiger partial charge in [0.25, 0.3) is 17.7 Å². The molecule has 0 saturated carbocycles. The highest BCUT2D eigenvalue weighted by molar-refractivity contribution is 6.07. The molecule has 0 bridgehead atoms. The minimum Gasteiger partial charge on any atom is -0.499 e. The number of imide groups is 1. The average molecular weight is 480 g/mol. The van der Waals surface area contributed by atoms with Crippen LogP contribution in [0.4, 0.5) is 0 Å². The first-order valence-electron chi connectivity index (χ1n) is 12.3. The molecule has 0 aromatic carbocycles. The lowest BCUT2D eigenvalue weighted by Crippen LogP contribution is -2.58. The van der Waals surface area contributed by atoms with Crippen LogP contribution in [-0.2, 0) is 23.9 Å². The van der Waals surface area contributed by atoms with Gasteiger partial charge in [-0.15, -0.1) is 0 Å². The molecule has 0 radical (unpaired) electrons. The van der Waals surface area contributed by atoms with Crippen molar-refractivity contribution in [1.82, 2.24) is 14.7 Å². The molecule has 0 spiro atoms. The smallest absolute Gasteiger partial charge is 0.257 e. The Bertz CT molecular complexity index is 823. The van der Waals surface area contributed by atoms with E-state index in [4.69, 9.17) is 4.74 Å². The van der Waals surface area contributed by atoms with E-state index in [0.717, 1.165) is 0 Å². The number of amides is 4. The molecular weight excluding hydrogens is 438 g/mol. The first kappa shape index (κ1) is 27.8. The van der Waals surface area contributed by atoms with Crippen molar-refractivity contribution in [1.29, 1.82) is 0 Å². The van der Waals surface area contributed by atoms with E-state index in [0.29, 0.717) is 31.6 Å². The fourth-order valence-corrected chi connectivity index (χ4v) is 4.92. The minimum atomic E-state index is -1.20. The average Bonchev–Trinajstić information content (AvgIpc) is 3.41. The Morgan fingerprint density at radius 3 is 2.32 bits per heavy atom. The van der Waals surface area contributed by atoms with Gasteiger partial charge in [-0.3, -0.25) is 24.1 Å². The first-order valence-corrected chi connectivity index (χ1v) is 12.3. The number of likely N-dealkylation sites (tertiary alicyclic amines) is 1. The molecule has 0 aliphatic carbocycles. The molecule has 0 aromatic rings. The van der Waals surface area contributed by atoms with Gasteiger partial charge in [0.1, 0.15) is 23.9 Å². The fourth-order valence-electron chi connectivity index (χ4n) is 4.92. The molecule has 5 unspecified atom stereocenters. The van der Waals surface area contributed by atoms with Crippen molar-refractivity contribution >= 4 is 23.6 Å². The summed E-state index contributed by atoms with van der Waals surface area (Å²) < 4.78 is 5.35. The van der Waals surface area contributed by atoms with Gasteiger partial charge in [-0.05, 0) is 30.6 Å². The summed E-state index contributed by atoms with van der Waals surface area (Å²) >= 11 is 0. The van der Waals surface area contributed by atoms with Crippen LogP contribution in [0.1, 0.15) is 60.8 Å². The van der Waals surface area contributed by atoms with Gasteiger partial charge in [0.2, 0.25) is 5.91 Å². The normalized spacial score (nSPS) is 23.3. The predicted molar refractivity (Wildman–Crippen MR) is 127 cm³/mol. The predicted octanol–water partition coefficient (Wildman–Crippen LogP) is 1.79. The van der Waals surface area contributed by atoms with E-state index in [-0.39, 0.29) is 23.7 Å². The topological polar surface area (TPSA) is 107 Å². The summed E-state index contributed by atoms with van der Waals surface area (Å²) in [5.41, 5.74) is 0. The number of hydrogen-bond acceptors (Lipinski definition) is 6. The molecule has 2 aliphatic rings. The summed E-state index contributed by atoms with van der Waals surface area (Å²) in [4.78, 5) is 56.9. The highest BCUT2D eigenvalue weighted by Gasteiger charge is 2.47. The summed E-state index contributed by atoms with van der Waals surface area (Å²) in [5, 5.41) is 10.4. The van der Waals surface area contributed by atoms with Gasteiger partial charge >= 0.3 is 0 Å². The number of hydrogen-bond donors (Lipinski definition) is 1. The molecule has 2 rings (SSSR count). The van der Waals surface area contributed by atoms with E-state index < -0.39 is 42.0 Å². The SMILES string of the molecule is CCC(C)C(O)C(=O)N(C)C(C(=O)N1CCCC1C(=O)N1C(=O)C=C(OC)C1C(C)C)C(C)C. The molecule has 192 valence electrons. The van der Waals surface area contributed by atoms with Crippen molar-refractivity contribution in [2.75, 3.05) is 20.7 Å². The second kappa shape index (κ2) is 11.3. The lowest BCUT2D eigenvalue weighted by molar-refractivity contribution is -0.156. The lowest BCUT2D eigenvalue weighted by Gasteiger charge is -2.38. The van der Waals surface area contributed by atoms with Crippen LogP contribution in [0.25, 0.3) is 0 Å². The van der Waals surface area contributed by atoms with E-state index in [1.807, 2.05) is 34.6 Å². The van der Waals surface area contributed by atoms with E-state index in [1.54, 1.807) is 6.92 Å². The maximum Gasteiger partial charge on any atom is 0.257 e. The molecule has 2 heterocycles. The summed E-state index contributed by atoms with van der Waals surface area (Å²) in [6.07, 6.45) is 1.83. The highest BCUT2D eigenvalue weighted by atomic mass is 16.5. The largest absolute Gasteiger partial charge is 0.499 e. The third-order valence-corrected chi connectivity index (χ3v) is 7.08. The van der Waals surface area contributed by atoms with Crippen molar-refractivity contribution < 1.29 is 29.0 Å². The summed E-state index contributed by atoms with van der Waals surface area (Å²) in [7, 11) is 3.00. The van der Waals surface area contributed by atoms with Crippen molar-refractivity contribution in [3.05, 3.63) is 11.8 Å². The van der Waals surface area contributed by atoms with Gasteiger partial charge in [0, 0.05) is 19.7 Å². The second-order valence-corrected chi connectivity index (χ2v) is 10.1. The number of carbonyl (C=O) groups is 4. The zero-order chi connectivity index (χ0) is 25.9. The second-order valence-electron chi connectivity index (χ2n) is 10.1. The van der Waals surface area contributed by atoms with Gasteiger partial charge in [-0.2, -0.15) is 0 Å². The van der Waals surface area contributed by atoms with Crippen LogP contribution in [0.15, 0.2) is 11.8 Å². The standard InChI is InChI=1S/C25H41N3O6/c1-9-16(6)22(30)25(33)26(7)21(15(4)5)24(32)27-12-10-11-17(27)23(31)28-19(29)13-18(34-8)20(28)14(2)3/h13-17,20-22,30H,9-12H2,1-8H3. The quantitative estimate of drug-likeness (QED) is 0.505. The zero-order valence-corrected chi connectivity index (χ0v) is 21.8. The maximum absolute atomic E-state index is 13.7. The Kier molecular flexibility index (Phi) is 9.28. The molecule has 34 heavy (non-hydrogen) atoms. The molecule has 9 nitrogen and oxygen atoms in total. The number of nitrogens with zero attached hydrogens (tertiary/aromatic N) is 3. The van der Waals surface area contributed by atoms with Crippen LogP contribution < -0.4 is 0 Å². The Morgan fingerprint density at radius 2 is 1.82 bits per heavy atom. The zero-order valence-electron chi connectivity index (χ0n) is 21.8. The monoisotopic (exact) mass is 479 g/mol. The Labute approximate surface area is 203 Å². The van der Waals surface area contributed by atoms with Crippen molar-refractivity contribution in [3.63, 3.8) is 0 Å². The van der Waals surface area contributed by atoms with Crippen molar-refractivity contribution in [3.8, 4) is 0 Å². The third kappa shape index (κ3) is 5.29. The van der Waals surface area contributed by atoms with Gasteiger partial charge in [0.15, 0.2) is 0 Å². The van der Waals surface area contributed by atoms with Crippen LogP contribution in [-0.4, -0.2) is 88.4 Å². The maximum atomic E-state index is 13.7. The fraction of sp³-hybridized carbons (Fsp3) is 0.760.